The van der Waals surface area contributed by atoms with E-state index in [1.165, 1.54) is 18.5 Å². The molecule has 1 aromatic heterocycles. The molecule has 0 spiro atoms. The number of fused-ring (bicyclic) bond motifs is 1. The van der Waals surface area contributed by atoms with Crippen LogP contribution < -0.4 is 10.5 Å². The van der Waals surface area contributed by atoms with E-state index in [4.69, 9.17) is 10.5 Å². The van der Waals surface area contributed by atoms with Crippen LogP contribution in [0.25, 0.3) is 0 Å². The number of imidazole rings is 1. The summed E-state index contributed by atoms with van der Waals surface area (Å²) in [6, 6.07) is 0.780. The molecule has 1 aliphatic heterocycles. The molecular weight excluding hydrogens is 178 g/mol. The molecule has 4 heteroatoms. The molecule has 2 N–H and O–H groups in total. The molecule has 0 aromatic carbocycles. The minimum atomic E-state index is 0.143. The zero-order valence-electron chi connectivity index (χ0n) is 8.20. The number of ether oxygens (including phenoxy) is 1. The molecule has 1 fully saturated rings. The van der Waals surface area contributed by atoms with Crippen molar-refractivity contribution in [3.63, 3.8) is 0 Å². The van der Waals surface area contributed by atoms with Crippen LogP contribution in [0.5, 0.6) is 6.01 Å². The second kappa shape index (κ2) is 2.73. The molecular formula is C10H15N3O. The van der Waals surface area contributed by atoms with E-state index in [1.807, 2.05) is 6.20 Å². The van der Waals surface area contributed by atoms with E-state index in [0.717, 1.165) is 32.0 Å². The topological polar surface area (TPSA) is 53.1 Å². The second-order valence-electron chi connectivity index (χ2n) is 4.39. The Hall–Kier alpha value is -1.03. The SMILES string of the molecule is NC1(CCc2cnc3n2CCO3)CC1. The molecule has 3 rings (SSSR count). The number of aromatic nitrogens is 2. The molecule has 0 radical (unpaired) electrons. The highest BCUT2D eigenvalue weighted by Gasteiger charge is 2.37. The van der Waals surface area contributed by atoms with Crippen molar-refractivity contribution >= 4 is 0 Å². The number of hydrogen-bond acceptors (Lipinski definition) is 3. The highest BCUT2D eigenvalue weighted by atomic mass is 16.5. The molecule has 2 heterocycles. The maximum atomic E-state index is 6.05. The lowest BCUT2D eigenvalue weighted by Crippen LogP contribution is -2.22. The zero-order valence-corrected chi connectivity index (χ0v) is 8.20. The molecule has 0 saturated heterocycles. The number of hydrogen-bond donors (Lipinski definition) is 1. The van der Waals surface area contributed by atoms with Crippen molar-refractivity contribution in [2.24, 2.45) is 5.73 Å². The standard InChI is InChI=1S/C10H15N3O/c11-10(3-4-10)2-1-8-7-12-9-13(8)5-6-14-9/h7H,1-6,11H2. The van der Waals surface area contributed by atoms with E-state index in [1.54, 1.807) is 0 Å². The molecule has 2 aliphatic rings. The first-order chi connectivity index (χ1) is 6.77. The average molecular weight is 193 g/mol. The van der Waals surface area contributed by atoms with Gasteiger partial charge in [0.05, 0.1) is 12.7 Å². The fraction of sp³-hybridized carbons (Fsp3) is 0.700. The maximum Gasteiger partial charge on any atom is 0.296 e. The number of aryl methyl sites for hydroxylation is 1. The highest BCUT2D eigenvalue weighted by molar-refractivity contribution is 5.14. The van der Waals surface area contributed by atoms with Gasteiger partial charge < -0.3 is 10.5 Å². The molecule has 1 aliphatic carbocycles. The lowest BCUT2D eigenvalue weighted by molar-refractivity contribution is 0.345. The van der Waals surface area contributed by atoms with Gasteiger partial charge in [-0.05, 0) is 25.7 Å². The Morgan fingerprint density at radius 3 is 3.21 bits per heavy atom. The van der Waals surface area contributed by atoms with E-state index in [2.05, 4.69) is 9.55 Å². The van der Waals surface area contributed by atoms with Crippen LogP contribution in [-0.2, 0) is 13.0 Å². The average Bonchev–Trinajstić information content (AvgIpc) is 2.65. The molecule has 0 amide bonds. The Morgan fingerprint density at radius 1 is 1.57 bits per heavy atom. The minimum Gasteiger partial charge on any atom is -0.463 e. The Bertz CT molecular complexity index is 354. The zero-order chi connectivity index (χ0) is 9.60. The van der Waals surface area contributed by atoms with Crippen molar-refractivity contribution in [1.82, 2.24) is 9.55 Å². The van der Waals surface area contributed by atoms with Gasteiger partial charge >= 0.3 is 0 Å². The van der Waals surface area contributed by atoms with Crippen molar-refractivity contribution in [1.29, 1.82) is 0 Å². The van der Waals surface area contributed by atoms with Crippen LogP contribution >= 0.6 is 0 Å². The monoisotopic (exact) mass is 193 g/mol. The van der Waals surface area contributed by atoms with Gasteiger partial charge in [0, 0.05) is 11.2 Å². The van der Waals surface area contributed by atoms with Crippen molar-refractivity contribution in [2.45, 2.75) is 37.8 Å². The lowest BCUT2D eigenvalue weighted by Gasteiger charge is -2.08. The third-order valence-electron chi connectivity index (χ3n) is 3.22. The molecule has 76 valence electrons. The summed E-state index contributed by atoms with van der Waals surface area (Å²) in [6.45, 7) is 1.71. The van der Waals surface area contributed by atoms with E-state index in [0.29, 0.717) is 0 Å². The van der Waals surface area contributed by atoms with E-state index >= 15 is 0 Å². The Kier molecular flexibility index (Phi) is 1.62. The third kappa shape index (κ3) is 1.30. The minimum absolute atomic E-state index is 0.143. The Balaban J connectivity index is 1.71. The molecule has 4 nitrogen and oxygen atoms in total. The van der Waals surface area contributed by atoms with E-state index in [-0.39, 0.29) is 5.54 Å². The summed E-state index contributed by atoms with van der Waals surface area (Å²) in [5.74, 6) is 0. The van der Waals surface area contributed by atoms with Gasteiger partial charge in [0.1, 0.15) is 6.61 Å². The first-order valence-corrected chi connectivity index (χ1v) is 5.23. The smallest absolute Gasteiger partial charge is 0.296 e. The van der Waals surface area contributed by atoms with Gasteiger partial charge in [0.15, 0.2) is 0 Å². The van der Waals surface area contributed by atoms with Crippen molar-refractivity contribution in [3.05, 3.63) is 11.9 Å². The Morgan fingerprint density at radius 2 is 2.43 bits per heavy atom. The van der Waals surface area contributed by atoms with Gasteiger partial charge in [-0.15, -0.1) is 0 Å². The Labute approximate surface area is 83.1 Å². The van der Waals surface area contributed by atoms with E-state index < -0.39 is 0 Å². The summed E-state index contributed by atoms with van der Waals surface area (Å²) in [4.78, 5) is 4.22. The van der Waals surface area contributed by atoms with Crippen molar-refractivity contribution in [3.8, 4) is 6.01 Å². The molecule has 0 bridgehead atoms. The summed E-state index contributed by atoms with van der Waals surface area (Å²) in [5, 5.41) is 0. The molecule has 0 atom stereocenters. The van der Waals surface area contributed by atoms with Crippen LogP contribution in [-0.4, -0.2) is 21.7 Å². The van der Waals surface area contributed by atoms with Crippen molar-refractivity contribution < 1.29 is 4.74 Å². The van der Waals surface area contributed by atoms with Crippen molar-refractivity contribution in [2.75, 3.05) is 6.61 Å². The quantitative estimate of drug-likeness (QED) is 0.768. The lowest BCUT2D eigenvalue weighted by atomic mass is 10.1. The summed E-state index contributed by atoms with van der Waals surface area (Å²) in [7, 11) is 0. The number of nitrogens with two attached hydrogens (primary N) is 1. The second-order valence-corrected chi connectivity index (χ2v) is 4.39. The number of rotatable bonds is 3. The van der Waals surface area contributed by atoms with Gasteiger partial charge in [0.2, 0.25) is 0 Å². The summed E-state index contributed by atoms with van der Waals surface area (Å²) in [6.07, 6.45) is 6.40. The maximum absolute atomic E-state index is 6.05. The highest BCUT2D eigenvalue weighted by Crippen LogP contribution is 2.36. The van der Waals surface area contributed by atoms with Crippen LogP contribution in [0.4, 0.5) is 0 Å². The summed E-state index contributed by atoms with van der Waals surface area (Å²) >= 11 is 0. The van der Waals surface area contributed by atoms with Crippen LogP contribution in [0, 0.1) is 0 Å². The first kappa shape index (κ1) is 8.29. The van der Waals surface area contributed by atoms with Crippen LogP contribution in [0.3, 0.4) is 0 Å². The van der Waals surface area contributed by atoms with E-state index in [9.17, 15) is 0 Å². The van der Waals surface area contributed by atoms with Gasteiger partial charge in [-0.3, -0.25) is 4.57 Å². The molecule has 1 saturated carbocycles. The van der Waals surface area contributed by atoms with Crippen LogP contribution in [0.1, 0.15) is 25.0 Å². The van der Waals surface area contributed by atoms with Gasteiger partial charge in [-0.1, -0.05) is 0 Å². The molecule has 1 aromatic rings. The summed E-state index contributed by atoms with van der Waals surface area (Å²) in [5.41, 5.74) is 7.46. The predicted octanol–water partition coefficient (Wildman–Crippen LogP) is 0.699. The first-order valence-electron chi connectivity index (χ1n) is 5.23. The van der Waals surface area contributed by atoms with Gasteiger partial charge in [-0.25, -0.2) is 4.98 Å². The third-order valence-corrected chi connectivity index (χ3v) is 3.22. The normalized spacial score (nSPS) is 21.8. The summed E-state index contributed by atoms with van der Waals surface area (Å²) < 4.78 is 7.51. The molecule has 14 heavy (non-hydrogen) atoms. The molecule has 0 unspecified atom stereocenters. The van der Waals surface area contributed by atoms with Crippen LogP contribution in [0.15, 0.2) is 6.20 Å². The van der Waals surface area contributed by atoms with Gasteiger partial charge in [0.25, 0.3) is 6.01 Å². The van der Waals surface area contributed by atoms with Crippen LogP contribution in [0.2, 0.25) is 0 Å². The fourth-order valence-electron chi connectivity index (χ4n) is 1.96. The van der Waals surface area contributed by atoms with Gasteiger partial charge in [-0.2, -0.15) is 0 Å². The number of nitrogens with zero attached hydrogens (tertiary/aromatic N) is 2. The predicted molar refractivity (Wildman–Crippen MR) is 52.2 cm³/mol. The largest absolute Gasteiger partial charge is 0.463 e. The fourth-order valence-corrected chi connectivity index (χ4v) is 1.96.